The summed E-state index contributed by atoms with van der Waals surface area (Å²) in [5.74, 6) is -0.476. The fourth-order valence-corrected chi connectivity index (χ4v) is 1.78. The molecule has 0 aromatic heterocycles. The van der Waals surface area contributed by atoms with Crippen LogP contribution in [0.4, 0.5) is 0 Å². The van der Waals surface area contributed by atoms with Crippen molar-refractivity contribution >= 4 is 5.91 Å². The summed E-state index contributed by atoms with van der Waals surface area (Å²) >= 11 is 0. The second-order valence-electron chi connectivity index (χ2n) is 4.41. The molecule has 0 aromatic carbocycles. The van der Waals surface area contributed by atoms with Gasteiger partial charge in [0.05, 0.1) is 11.3 Å². The van der Waals surface area contributed by atoms with Gasteiger partial charge in [0.15, 0.2) is 7.11 Å². The highest BCUT2D eigenvalue weighted by Crippen LogP contribution is 2.10. The van der Waals surface area contributed by atoms with Gasteiger partial charge in [0.25, 0.3) is 4.92 Å². The average molecular weight is 244 g/mol. The van der Waals surface area contributed by atoms with Crippen LogP contribution in [0.15, 0.2) is 0 Å². The number of unbranched alkanes of at least 4 members (excludes halogenated alkanes) is 8. The van der Waals surface area contributed by atoms with E-state index in [9.17, 15) is 9.70 Å². The quantitative estimate of drug-likeness (QED) is 0.410. The summed E-state index contributed by atoms with van der Waals surface area (Å²) in [6.07, 6.45) is 11.1. The van der Waals surface area contributed by atoms with Gasteiger partial charge in [-0.05, 0) is 6.42 Å². The molecule has 0 saturated carbocycles. The minimum Gasteiger partial charge on any atom is -0.227 e. The second kappa shape index (κ2) is 11.6. The Kier molecular flexibility index (Phi) is 10.9. The topological polar surface area (TPSA) is 46.4 Å². The van der Waals surface area contributed by atoms with E-state index in [0.717, 1.165) is 19.3 Å². The second-order valence-corrected chi connectivity index (χ2v) is 4.41. The van der Waals surface area contributed by atoms with Gasteiger partial charge < -0.3 is 0 Å². The molecule has 0 heterocycles. The van der Waals surface area contributed by atoms with E-state index in [2.05, 4.69) is 11.8 Å². The first-order chi connectivity index (χ1) is 8.22. The molecule has 0 aromatic rings. The molecule has 1 amide bonds. The van der Waals surface area contributed by atoms with Crippen LogP contribution in [0.2, 0.25) is 0 Å². The van der Waals surface area contributed by atoms with Crippen LogP contribution in [-0.2, 0) is 9.63 Å². The van der Waals surface area contributed by atoms with Gasteiger partial charge in [-0.2, -0.15) is 0 Å². The zero-order valence-electron chi connectivity index (χ0n) is 11.2. The third-order valence-electron chi connectivity index (χ3n) is 2.86. The molecule has 4 nitrogen and oxygen atoms in total. The fraction of sp³-hybridized carbons (Fsp3) is 0.923. The van der Waals surface area contributed by atoms with Crippen molar-refractivity contribution in [1.82, 2.24) is 0 Å². The molecule has 0 atom stereocenters. The minimum absolute atomic E-state index is 0.0603. The molecule has 17 heavy (non-hydrogen) atoms. The Bertz CT molecular complexity index is 217. The Balaban J connectivity index is 3.18. The third-order valence-corrected chi connectivity index (χ3v) is 2.86. The lowest BCUT2D eigenvalue weighted by Crippen LogP contribution is -2.16. The molecular formula is C13H26NO3+. The zero-order chi connectivity index (χ0) is 12.9. The largest absolute Gasteiger partial charge is 0.490 e. The number of hydrogen-bond donors (Lipinski definition) is 0. The lowest BCUT2D eigenvalue weighted by molar-refractivity contribution is -0.729. The van der Waals surface area contributed by atoms with E-state index < -0.39 is 5.91 Å². The van der Waals surface area contributed by atoms with E-state index in [1.807, 2.05) is 0 Å². The fourth-order valence-electron chi connectivity index (χ4n) is 1.78. The average Bonchev–Trinajstić information content (AvgIpc) is 2.35. The smallest absolute Gasteiger partial charge is 0.227 e. The van der Waals surface area contributed by atoms with Crippen LogP contribution in [0.1, 0.15) is 71.1 Å². The molecule has 0 unspecified atom stereocenters. The SMILES string of the molecule is CCCCCCCCCCCC(=O)[N+](=O)OC. The first-order valence-electron chi connectivity index (χ1n) is 6.76. The summed E-state index contributed by atoms with van der Waals surface area (Å²) in [6, 6.07) is 0. The Morgan fingerprint density at radius 1 is 0.941 bits per heavy atom. The van der Waals surface area contributed by atoms with Crippen molar-refractivity contribution in [1.29, 1.82) is 0 Å². The van der Waals surface area contributed by atoms with Crippen LogP contribution in [0.3, 0.4) is 0 Å². The highest BCUT2D eigenvalue weighted by molar-refractivity contribution is 5.66. The van der Waals surface area contributed by atoms with Gasteiger partial charge in [0, 0.05) is 0 Å². The summed E-state index contributed by atoms with van der Waals surface area (Å²) < 4.78 is 0. The molecular weight excluding hydrogens is 218 g/mol. The van der Waals surface area contributed by atoms with Crippen molar-refractivity contribution in [3.8, 4) is 0 Å². The van der Waals surface area contributed by atoms with Gasteiger partial charge in [0.1, 0.15) is 0 Å². The summed E-state index contributed by atoms with van der Waals surface area (Å²) in [5, 5.41) is 0. The summed E-state index contributed by atoms with van der Waals surface area (Å²) in [7, 11) is 1.21. The van der Waals surface area contributed by atoms with Crippen LogP contribution in [0, 0.1) is 4.91 Å². The maximum Gasteiger partial charge on any atom is 0.490 e. The number of amides is 1. The number of rotatable bonds is 11. The predicted octanol–water partition coefficient (Wildman–Crippen LogP) is 3.77. The molecule has 0 spiro atoms. The molecule has 0 aliphatic rings. The zero-order valence-corrected chi connectivity index (χ0v) is 11.2. The van der Waals surface area contributed by atoms with E-state index in [1.54, 1.807) is 0 Å². The van der Waals surface area contributed by atoms with Crippen LogP contribution in [-0.4, -0.2) is 17.9 Å². The van der Waals surface area contributed by atoms with Crippen LogP contribution in [0.25, 0.3) is 0 Å². The van der Waals surface area contributed by atoms with Crippen LogP contribution >= 0.6 is 0 Å². The Morgan fingerprint density at radius 2 is 1.41 bits per heavy atom. The van der Waals surface area contributed by atoms with Gasteiger partial charge in [-0.3, -0.25) is 0 Å². The molecule has 100 valence electrons. The van der Waals surface area contributed by atoms with Gasteiger partial charge in [0.2, 0.25) is 0 Å². The maximum absolute atomic E-state index is 11.1. The highest BCUT2D eigenvalue weighted by Gasteiger charge is 2.22. The minimum atomic E-state index is -0.476. The molecule has 0 radical (unpaired) electrons. The Hall–Kier alpha value is -0.930. The molecule has 0 rings (SSSR count). The lowest BCUT2D eigenvalue weighted by atomic mass is 10.1. The molecule has 0 saturated heterocycles. The standard InChI is InChI=1S/C13H26NO3/c1-3-4-5-6-7-8-9-10-11-12-13(15)14(16)17-2/h3-12H2,1-2H3/q+1. The highest BCUT2D eigenvalue weighted by atomic mass is 16.8. The van der Waals surface area contributed by atoms with Gasteiger partial charge in [-0.1, -0.05) is 58.3 Å². The first kappa shape index (κ1) is 16.1. The van der Waals surface area contributed by atoms with Gasteiger partial charge >= 0.3 is 5.91 Å². The summed E-state index contributed by atoms with van der Waals surface area (Å²) in [4.78, 5) is 26.1. The van der Waals surface area contributed by atoms with Crippen molar-refractivity contribution in [2.75, 3.05) is 7.11 Å². The van der Waals surface area contributed by atoms with Crippen molar-refractivity contribution in [2.24, 2.45) is 0 Å². The maximum atomic E-state index is 11.1. The Labute approximate surface area is 104 Å². The molecule has 0 bridgehead atoms. The van der Waals surface area contributed by atoms with E-state index in [1.165, 1.54) is 45.6 Å². The molecule has 0 fully saturated rings. The van der Waals surface area contributed by atoms with Gasteiger partial charge in [-0.15, -0.1) is 0 Å². The van der Waals surface area contributed by atoms with Crippen LogP contribution in [0.5, 0.6) is 0 Å². The Morgan fingerprint density at radius 3 is 1.88 bits per heavy atom. The number of hydrogen-bond acceptors (Lipinski definition) is 3. The first-order valence-corrected chi connectivity index (χ1v) is 6.76. The van der Waals surface area contributed by atoms with Gasteiger partial charge in [-0.25, -0.2) is 9.63 Å². The van der Waals surface area contributed by atoms with Crippen molar-refractivity contribution in [3.05, 3.63) is 4.91 Å². The monoisotopic (exact) mass is 244 g/mol. The van der Waals surface area contributed by atoms with E-state index in [0.29, 0.717) is 6.42 Å². The summed E-state index contributed by atoms with van der Waals surface area (Å²) in [5.41, 5.74) is 0. The van der Waals surface area contributed by atoms with Crippen molar-refractivity contribution in [2.45, 2.75) is 71.1 Å². The molecule has 4 heteroatoms. The molecule has 0 aliphatic heterocycles. The van der Waals surface area contributed by atoms with Crippen molar-refractivity contribution < 1.29 is 14.6 Å². The van der Waals surface area contributed by atoms with E-state index >= 15 is 0 Å². The van der Waals surface area contributed by atoms with E-state index in [4.69, 9.17) is 0 Å². The number of nitrogens with zero attached hydrogens (tertiary/aromatic N) is 1. The number of carbonyl (C=O) groups excluding carboxylic acids is 1. The van der Waals surface area contributed by atoms with Crippen LogP contribution < -0.4 is 0 Å². The normalized spacial score (nSPS) is 10.2. The molecule has 0 N–H and O–H groups in total. The summed E-state index contributed by atoms with van der Waals surface area (Å²) in [6.45, 7) is 2.22. The predicted molar refractivity (Wildman–Crippen MR) is 67.5 cm³/mol. The van der Waals surface area contributed by atoms with Crippen molar-refractivity contribution in [3.63, 3.8) is 0 Å². The number of carbonyl (C=O) groups is 1. The molecule has 0 aliphatic carbocycles. The lowest BCUT2D eigenvalue weighted by Gasteiger charge is -2.00. The van der Waals surface area contributed by atoms with E-state index in [-0.39, 0.29) is 4.92 Å². The third kappa shape index (κ3) is 9.97.